The minimum Gasteiger partial charge on any atom is -0.493 e. The third-order valence-corrected chi connectivity index (χ3v) is 4.65. The summed E-state index contributed by atoms with van der Waals surface area (Å²) in [5.41, 5.74) is 2.63. The number of ether oxygens (including phenoxy) is 1. The Balaban J connectivity index is 1.87. The summed E-state index contributed by atoms with van der Waals surface area (Å²) in [5.74, 6) is 1.91. The minimum atomic E-state index is -0.241. The van der Waals surface area contributed by atoms with Gasteiger partial charge in [0.05, 0.1) is 12.8 Å². The van der Waals surface area contributed by atoms with Crippen molar-refractivity contribution in [2.45, 2.75) is 20.8 Å². The van der Waals surface area contributed by atoms with Gasteiger partial charge < -0.3 is 20.7 Å². The number of nitrogens with one attached hydrogen (secondary N) is 3. The number of aryl methyl sites for hydroxylation is 1. The minimum absolute atomic E-state index is 0.207. The predicted octanol–water partition coefficient (Wildman–Crippen LogP) is 2.97. The van der Waals surface area contributed by atoms with Gasteiger partial charge in [-0.15, -0.1) is 0 Å². The van der Waals surface area contributed by atoms with Crippen molar-refractivity contribution in [3.63, 3.8) is 0 Å². The highest BCUT2D eigenvalue weighted by Crippen LogP contribution is 2.27. The predicted molar refractivity (Wildman–Crippen MR) is 109 cm³/mol. The van der Waals surface area contributed by atoms with Crippen molar-refractivity contribution in [1.29, 1.82) is 0 Å². The molecule has 4 rings (SSSR count). The molecule has 0 saturated heterocycles. The van der Waals surface area contributed by atoms with Crippen LogP contribution < -0.4 is 20.7 Å². The van der Waals surface area contributed by atoms with Crippen LogP contribution in [0.3, 0.4) is 0 Å². The first-order valence-electron chi connectivity index (χ1n) is 9.21. The van der Waals surface area contributed by atoms with E-state index in [1.165, 1.54) is 0 Å². The zero-order valence-corrected chi connectivity index (χ0v) is 16.5. The Hall–Kier alpha value is -3.29. The highest BCUT2D eigenvalue weighted by Gasteiger charge is 2.23. The summed E-state index contributed by atoms with van der Waals surface area (Å²) in [5, 5.41) is 13.7. The van der Waals surface area contributed by atoms with E-state index in [4.69, 9.17) is 4.74 Å². The third-order valence-electron chi connectivity index (χ3n) is 4.65. The van der Waals surface area contributed by atoms with Gasteiger partial charge >= 0.3 is 0 Å². The lowest BCUT2D eigenvalue weighted by molar-refractivity contribution is 0.0920. The van der Waals surface area contributed by atoms with Gasteiger partial charge in [0.1, 0.15) is 22.9 Å². The summed E-state index contributed by atoms with van der Waals surface area (Å²) >= 11 is 0. The second kappa shape index (κ2) is 6.70. The largest absolute Gasteiger partial charge is 0.493 e. The number of hydrogen-bond donors (Lipinski definition) is 3. The second-order valence-electron chi connectivity index (χ2n) is 7.87. The van der Waals surface area contributed by atoms with Crippen molar-refractivity contribution in [3.8, 4) is 5.75 Å². The van der Waals surface area contributed by atoms with Crippen LogP contribution in [-0.4, -0.2) is 40.7 Å². The Bertz CT molecular complexity index is 1060. The molecule has 0 aliphatic carbocycles. The Morgan fingerprint density at radius 3 is 2.86 bits per heavy atom. The molecule has 3 aromatic rings. The smallest absolute Gasteiger partial charge is 0.256 e. The van der Waals surface area contributed by atoms with Gasteiger partial charge in [-0.2, -0.15) is 9.61 Å². The summed E-state index contributed by atoms with van der Waals surface area (Å²) in [4.78, 5) is 17.4. The van der Waals surface area contributed by atoms with E-state index in [0.29, 0.717) is 30.2 Å². The number of hydrogen-bond acceptors (Lipinski definition) is 6. The van der Waals surface area contributed by atoms with Crippen molar-refractivity contribution in [2.75, 3.05) is 30.8 Å². The lowest BCUT2D eigenvalue weighted by Crippen LogP contribution is -2.37. The molecule has 2 aromatic heterocycles. The van der Waals surface area contributed by atoms with Gasteiger partial charge in [-0.3, -0.25) is 4.79 Å². The van der Waals surface area contributed by atoms with Crippen LogP contribution in [0.15, 0.2) is 30.5 Å². The fourth-order valence-corrected chi connectivity index (χ4v) is 3.16. The van der Waals surface area contributed by atoms with Crippen molar-refractivity contribution >= 4 is 28.9 Å². The van der Waals surface area contributed by atoms with Crippen LogP contribution in [0.25, 0.3) is 5.65 Å². The van der Waals surface area contributed by atoms with E-state index >= 15 is 0 Å². The molecule has 0 saturated carbocycles. The van der Waals surface area contributed by atoms with E-state index < -0.39 is 0 Å². The summed E-state index contributed by atoms with van der Waals surface area (Å²) in [7, 11) is 1.80. The first-order chi connectivity index (χ1) is 13.3. The van der Waals surface area contributed by atoms with E-state index in [-0.39, 0.29) is 11.3 Å². The van der Waals surface area contributed by atoms with Crippen LogP contribution in [0.4, 0.5) is 17.3 Å². The van der Waals surface area contributed by atoms with Gasteiger partial charge in [-0.05, 0) is 24.6 Å². The summed E-state index contributed by atoms with van der Waals surface area (Å²) < 4.78 is 7.65. The van der Waals surface area contributed by atoms with Gasteiger partial charge in [0.25, 0.3) is 5.91 Å². The van der Waals surface area contributed by atoms with Gasteiger partial charge in [-0.1, -0.05) is 13.8 Å². The molecular formula is C20H24N6O2. The topological polar surface area (TPSA) is 92.6 Å². The molecule has 8 heteroatoms. The quantitative estimate of drug-likeness (QED) is 0.601. The Morgan fingerprint density at radius 1 is 1.25 bits per heavy atom. The summed E-state index contributed by atoms with van der Waals surface area (Å²) in [6, 6.07) is 7.82. The van der Waals surface area contributed by atoms with Crippen molar-refractivity contribution in [3.05, 3.63) is 41.6 Å². The van der Waals surface area contributed by atoms with E-state index in [1.807, 2.05) is 31.2 Å². The maximum atomic E-state index is 12.8. The molecule has 1 aliphatic heterocycles. The fourth-order valence-electron chi connectivity index (χ4n) is 3.16. The fraction of sp³-hybridized carbons (Fsp3) is 0.350. The van der Waals surface area contributed by atoms with Gasteiger partial charge in [0.15, 0.2) is 5.65 Å². The van der Waals surface area contributed by atoms with Crippen LogP contribution in [0.5, 0.6) is 5.75 Å². The Labute approximate surface area is 163 Å². The van der Waals surface area contributed by atoms with E-state index in [1.54, 1.807) is 17.8 Å². The molecule has 1 amide bonds. The second-order valence-corrected chi connectivity index (χ2v) is 7.87. The van der Waals surface area contributed by atoms with Crippen molar-refractivity contribution in [2.24, 2.45) is 5.41 Å². The molecule has 0 radical (unpaired) electrons. The van der Waals surface area contributed by atoms with Crippen LogP contribution in [0.2, 0.25) is 0 Å². The maximum absolute atomic E-state index is 12.8. The number of carbonyl (C=O) groups excluding carboxylic acids is 1. The number of benzene rings is 1. The van der Waals surface area contributed by atoms with E-state index in [0.717, 1.165) is 22.8 Å². The number of anilines is 3. The lowest BCUT2D eigenvalue weighted by atomic mass is 9.94. The monoisotopic (exact) mass is 380 g/mol. The molecule has 3 N–H and O–H groups in total. The normalized spacial score (nSPS) is 16.1. The van der Waals surface area contributed by atoms with Crippen molar-refractivity contribution in [1.82, 2.24) is 19.9 Å². The van der Waals surface area contributed by atoms with Crippen LogP contribution in [-0.2, 0) is 0 Å². The zero-order chi connectivity index (χ0) is 19.9. The van der Waals surface area contributed by atoms with Gasteiger partial charge in [0, 0.05) is 36.8 Å². The molecule has 8 nitrogen and oxygen atoms in total. The first-order valence-corrected chi connectivity index (χ1v) is 9.21. The Kier molecular flexibility index (Phi) is 4.33. The third kappa shape index (κ3) is 3.45. The summed E-state index contributed by atoms with van der Waals surface area (Å²) in [6.07, 6.45) is 1.54. The van der Waals surface area contributed by atoms with E-state index in [9.17, 15) is 4.79 Å². The molecule has 1 aromatic carbocycles. The van der Waals surface area contributed by atoms with Gasteiger partial charge in [0.2, 0.25) is 0 Å². The SMILES string of the molecule is CNc1cc2nc3c(cnn13)C(=O)NCC(C)(C)COc1cc(C)cc(c1)N2. The average Bonchev–Trinajstić information content (AvgIpc) is 3.07. The molecule has 0 atom stereocenters. The molecule has 4 bridgehead atoms. The van der Waals surface area contributed by atoms with Crippen LogP contribution in [0, 0.1) is 12.3 Å². The zero-order valence-electron chi connectivity index (χ0n) is 16.5. The maximum Gasteiger partial charge on any atom is 0.256 e. The van der Waals surface area contributed by atoms with Gasteiger partial charge in [-0.25, -0.2) is 4.98 Å². The van der Waals surface area contributed by atoms with Crippen LogP contribution in [0.1, 0.15) is 29.8 Å². The summed E-state index contributed by atoms with van der Waals surface area (Å²) in [6.45, 7) is 7.09. The number of nitrogens with zero attached hydrogens (tertiary/aromatic N) is 3. The lowest BCUT2D eigenvalue weighted by Gasteiger charge is -2.25. The standard InChI is InChI=1S/C20H24N6O2/c1-12-5-13-7-14(6-12)28-11-20(2,3)10-22-19(27)15-9-23-26-17(21-4)8-16(24-13)25-18(15)26/h5-9,21H,10-11H2,1-4H3,(H,22,27)(H,24,25). The number of aromatic nitrogens is 3. The molecule has 0 spiro atoms. The molecule has 0 fully saturated rings. The first kappa shape index (κ1) is 18.1. The number of carbonyl (C=O) groups is 1. The number of fused-ring (bicyclic) bond motifs is 3. The number of amides is 1. The molecule has 146 valence electrons. The van der Waals surface area contributed by atoms with Crippen LogP contribution >= 0.6 is 0 Å². The Morgan fingerprint density at radius 2 is 2.07 bits per heavy atom. The molecule has 1 aliphatic rings. The number of rotatable bonds is 1. The molecule has 28 heavy (non-hydrogen) atoms. The average molecular weight is 380 g/mol. The highest BCUT2D eigenvalue weighted by molar-refractivity contribution is 6.00. The molecule has 3 heterocycles. The molecule has 0 unspecified atom stereocenters. The van der Waals surface area contributed by atoms with E-state index in [2.05, 4.69) is 39.9 Å². The highest BCUT2D eigenvalue weighted by atomic mass is 16.5. The molecular weight excluding hydrogens is 356 g/mol. The van der Waals surface area contributed by atoms with Crippen molar-refractivity contribution < 1.29 is 9.53 Å².